The minimum absolute atomic E-state index is 0.171. The molecule has 1 heterocycles. The molecule has 2 unspecified atom stereocenters. The lowest BCUT2D eigenvalue weighted by atomic mass is 9.75. The van der Waals surface area contributed by atoms with Crippen LogP contribution in [-0.4, -0.2) is 31.3 Å². The molecule has 2 atom stereocenters. The molecule has 3 nitrogen and oxygen atoms in total. The third kappa shape index (κ3) is 2.92. The van der Waals surface area contributed by atoms with E-state index in [1.807, 2.05) is 0 Å². The van der Waals surface area contributed by atoms with Gasteiger partial charge in [0, 0.05) is 18.7 Å². The molecule has 3 heteroatoms. The van der Waals surface area contributed by atoms with Crippen LogP contribution in [0.2, 0.25) is 0 Å². The normalized spacial score (nSPS) is 34.0. The lowest BCUT2D eigenvalue weighted by molar-refractivity contribution is 0.105. The maximum atomic E-state index is 6.16. The van der Waals surface area contributed by atoms with Crippen molar-refractivity contribution in [1.29, 1.82) is 0 Å². The van der Waals surface area contributed by atoms with Crippen LogP contribution in [0.1, 0.15) is 39.0 Å². The molecule has 0 bridgehead atoms. The standard InChI is InChI=1S/C12H24N2O/c1-10-11(3-8-15-10)9-14-7-6-12(13)4-2-5-12/h10-11,14H,2-9,13H2,1H3. The second kappa shape index (κ2) is 4.81. The Kier molecular flexibility index (Phi) is 3.65. The number of hydrogen-bond donors (Lipinski definition) is 2. The third-order valence-corrected chi connectivity index (χ3v) is 4.09. The number of hydrogen-bond acceptors (Lipinski definition) is 3. The van der Waals surface area contributed by atoms with E-state index in [0.717, 1.165) is 26.1 Å². The van der Waals surface area contributed by atoms with Crippen molar-refractivity contribution in [3.63, 3.8) is 0 Å². The smallest absolute Gasteiger partial charge is 0.0588 e. The fourth-order valence-electron chi connectivity index (χ4n) is 2.55. The fourth-order valence-corrected chi connectivity index (χ4v) is 2.55. The van der Waals surface area contributed by atoms with Gasteiger partial charge >= 0.3 is 0 Å². The Hall–Kier alpha value is -0.120. The van der Waals surface area contributed by atoms with Crippen molar-refractivity contribution in [2.75, 3.05) is 19.7 Å². The summed E-state index contributed by atoms with van der Waals surface area (Å²) in [5, 5.41) is 3.52. The first-order chi connectivity index (χ1) is 7.20. The first-order valence-electron chi connectivity index (χ1n) is 6.31. The van der Waals surface area contributed by atoms with Gasteiger partial charge in [0.1, 0.15) is 0 Å². The summed E-state index contributed by atoms with van der Waals surface area (Å²) in [5.74, 6) is 0.708. The van der Waals surface area contributed by atoms with E-state index in [-0.39, 0.29) is 5.54 Å². The topological polar surface area (TPSA) is 47.3 Å². The van der Waals surface area contributed by atoms with E-state index in [4.69, 9.17) is 10.5 Å². The molecule has 2 rings (SSSR count). The maximum Gasteiger partial charge on any atom is 0.0588 e. The monoisotopic (exact) mass is 212 g/mol. The van der Waals surface area contributed by atoms with Crippen molar-refractivity contribution in [2.24, 2.45) is 11.7 Å². The minimum atomic E-state index is 0.171. The van der Waals surface area contributed by atoms with Gasteiger partial charge in [-0.15, -0.1) is 0 Å². The molecule has 0 amide bonds. The Morgan fingerprint density at radius 2 is 2.27 bits per heavy atom. The first-order valence-corrected chi connectivity index (χ1v) is 6.31. The SMILES string of the molecule is CC1OCCC1CNCCC1(N)CCC1. The molecule has 2 aliphatic rings. The van der Waals surface area contributed by atoms with Gasteiger partial charge in [-0.1, -0.05) is 0 Å². The summed E-state index contributed by atoms with van der Waals surface area (Å²) in [5.41, 5.74) is 6.33. The summed E-state index contributed by atoms with van der Waals surface area (Å²) in [6, 6.07) is 0. The van der Waals surface area contributed by atoms with E-state index >= 15 is 0 Å². The number of rotatable bonds is 5. The largest absolute Gasteiger partial charge is 0.378 e. The van der Waals surface area contributed by atoms with Crippen molar-refractivity contribution in [3.05, 3.63) is 0 Å². The van der Waals surface area contributed by atoms with E-state index in [2.05, 4.69) is 12.2 Å². The van der Waals surface area contributed by atoms with Crippen LogP contribution in [0.25, 0.3) is 0 Å². The van der Waals surface area contributed by atoms with Crippen molar-refractivity contribution in [1.82, 2.24) is 5.32 Å². The van der Waals surface area contributed by atoms with Crippen molar-refractivity contribution in [2.45, 2.75) is 50.7 Å². The van der Waals surface area contributed by atoms with Crippen LogP contribution in [0.15, 0.2) is 0 Å². The molecule has 0 spiro atoms. The molecular weight excluding hydrogens is 188 g/mol. The summed E-state index contributed by atoms with van der Waals surface area (Å²) < 4.78 is 5.53. The first kappa shape index (κ1) is 11.4. The van der Waals surface area contributed by atoms with E-state index in [9.17, 15) is 0 Å². The number of nitrogens with one attached hydrogen (secondary N) is 1. The molecule has 88 valence electrons. The summed E-state index contributed by atoms with van der Waals surface area (Å²) in [4.78, 5) is 0. The van der Waals surface area contributed by atoms with E-state index in [0.29, 0.717) is 12.0 Å². The van der Waals surface area contributed by atoms with Crippen molar-refractivity contribution < 1.29 is 4.74 Å². The summed E-state index contributed by atoms with van der Waals surface area (Å²) >= 11 is 0. The van der Waals surface area contributed by atoms with Crippen LogP contribution in [0, 0.1) is 5.92 Å². The molecule has 0 radical (unpaired) electrons. The van der Waals surface area contributed by atoms with Gasteiger partial charge in [0.05, 0.1) is 6.10 Å². The van der Waals surface area contributed by atoms with E-state index in [1.165, 1.54) is 25.7 Å². The lowest BCUT2D eigenvalue weighted by Gasteiger charge is -2.38. The predicted molar refractivity (Wildman–Crippen MR) is 61.8 cm³/mol. The van der Waals surface area contributed by atoms with E-state index in [1.54, 1.807) is 0 Å². The van der Waals surface area contributed by atoms with Gasteiger partial charge in [0.2, 0.25) is 0 Å². The molecule has 1 aliphatic carbocycles. The van der Waals surface area contributed by atoms with Gasteiger partial charge in [-0.3, -0.25) is 0 Å². The number of nitrogens with two attached hydrogens (primary N) is 1. The Labute approximate surface area is 92.7 Å². The van der Waals surface area contributed by atoms with Crippen molar-refractivity contribution in [3.8, 4) is 0 Å². The van der Waals surface area contributed by atoms with Gasteiger partial charge in [-0.05, 0) is 51.5 Å². The zero-order valence-corrected chi connectivity index (χ0v) is 9.80. The zero-order valence-electron chi connectivity index (χ0n) is 9.80. The Bertz CT molecular complexity index is 204. The van der Waals surface area contributed by atoms with Crippen LogP contribution in [-0.2, 0) is 4.74 Å². The Balaban J connectivity index is 1.55. The second-order valence-corrected chi connectivity index (χ2v) is 5.29. The van der Waals surface area contributed by atoms with Gasteiger partial charge in [0.15, 0.2) is 0 Å². The minimum Gasteiger partial charge on any atom is -0.378 e. The molecule has 1 saturated heterocycles. The zero-order chi connectivity index (χ0) is 10.7. The second-order valence-electron chi connectivity index (χ2n) is 5.29. The highest BCUT2D eigenvalue weighted by Gasteiger charge is 2.31. The molecule has 15 heavy (non-hydrogen) atoms. The molecule has 0 aromatic rings. The maximum absolute atomic E-state index is 6.16. The van der Waals surface area contributed by atoms with Crippen molar-refractivity contribution >= 4 is 0 Å². The third-order valence-electron chi connectivity index (χ3n) is 4.09. The molecule has 0 aromatic heterocycles. The lowest BCUT2D eigenvalue weighted by Crippen LogP contribution is -2.48. The highest BCUT2D eigenvalue weighted by molar-refractivity contribution is 4.92. The van der Waals surface area contributed by atoms with Gasteiger partial charge in [0.25, 0.3) is 0 Å². The molecular formula is C12H24N2O. The molecule has 0 aromatic carbocycles. The predicted octanol–water partition coefficient (Wildman–Crippen LogP) is 1.27. The molecule has 3 N–H and O–H groups in total. The van der Waals surface area contributed by atoms with Crippen LogP contribution in [0.5, 0.6) is 0 Å². The average Bonchev–Trinajstić information content (AvgIpc) is 2.56. The Morgan fingerprint density at radius 3 is 2.80 bits per heavy atom. The molecule has 2 fully saturated rings. The van der Waals surface area contributed by atoms with Crippen LogP contribution < -0.4 is 11.1 Å². The fraction of sp³-hybridized carbons (Fsp3) is 1.00. The van der Waals surface area contributed by atoms with Gasteiger partial charge in [-0.25, -0.2) is 0 Å². The van der Waals surface area contributed by atoms with Crippen LogP contribution in [0.3, 0.4) is 0 Å². The average molecular weight is 212 g/mol. The Morgan fingerprint density at radius 1 is 1.47 bits per heavy atom. The number of ether oxygens (including phenoxy) is 1. The highest BCUT2D eigenvalue weighted by atomic mass is 16.5. The van der Waals surface area contributed by atoms with Gasteiger partial charge in [-0.2, -0.15) is 0 Å². The highest BCUT2D eigenvalue weighted by Crippen LogP contribution is 2.31. The summed E-state index contributed by atoms with van der Waals surface area (Å²) in [6.45, 7) is 5.28. The summed E-state index contributed by atoms with van der Waals surface area (Å²) in [7, 11) is 0. The molecule has 1 saturated carbocycles. The molecule has 1 aliphatic heterocycles. The summed E-state index contributed by atoms with van der Waals surface area (Å²) in [6.07, 6.45) is 6.55. The van der Waals surface area contributed by atoms with E-state index < -0.39 is 0 Å². The van der Waals surface area contributed by atoms with Crippen LogP contribution >= 0.6 is 0 Å². The van der Waals surface area contributed by atoms with Gasteiger partial charge < -0.3 is 15.8 Å². The van der Waals surface area contributed by atoms with Crippen LogP contribution in [0.4, 0.5) is 0 Å². The quantitative estimate of drug-likeness (QED) is 0.675.